The predicted octanol–water partition coefficient (Wildman–Crippen LogP) is 2.72. The Kier molecular flexibility index (Phi) is 5.01. The normalized spacial score (nSPS) is 10.0. The molecule has 0 saturated carbocycles. The summed E-state index contributed by atoms with van der Waals surface area (Å²) in [5, 5.41) is 9.84. The quantitative estimate of drug-likeness (QED) is 0.625. The van der Waals surface area contributed by atoms with Gasteiger partial charge in [0.25, 0.3) is 0 Å². The number of hydrogen-bond donors (Lipinski definition) is 0. The van der Waals surface area contributed by atoms with Gasteiger partial charge in [-0.25, -0.2) is 9.97 Å². The second-order valence-electron chi connectivity index (χ2n) is 4.41. The molecule has 5 nitrogen and oxygen atoms in total. The van der Waals surface area contributed by atoms with Gasteiger partial charge in [0.05, 0.1) is 13.3 Å². The summed E-state index contributed by atoms with van der Waals surface area (Å²) in [6.07, 6.45) is 3.48. The maximum atomic E-state index is 9.19. The first-order chi connectivity index (χ1) is 10.2. The van der Waals surface area contributed by atoms with E-state index in [0.29, 0.717) is 23.1 Å². The molecule has 2 aromatic rings. The van der Waals surface area contributed by atoms with Crippen molar-refractivity contribution in [2.45, 2.75) is 11.7 Å². The molecule has 0 aliphatic rings. The number of methoxy groups -OCH3 is 1. The van der Waals surface area contributed by atoms with Gasteiger partial charge < -0.3 is 9.64 Å². The van der Waals surface area contributed by atoms with Crippen molar-refractivity contribution in [2.24, 2.45) is 0 Å². The van der Waals surface area contributed by atoms with E-state index in [2.05, 4.69) is 16.0 Å². The fourth-order valence-corrected chi connectivity index (χ4v) is 2.24. The summed E-state index contributed by atoms with van der Waals surface area (Å²) in [6.45, 7) is 0.656. The van der Waals surface area contributed by atoms with Crippen molar-refractivity contribution in [1.82, 2.24) is 9.97 Å². The number of nitrogens with zero attached hydrogens (tertiary/aromatic N) is 4. The minimum atomic E-state index is 0.476. The molecule has 0 saturated heterocycles. The standard InChI is InChI=1S/C15H16N4OS/c1-19(10-11-4-6-13(20-2)7-5-11)14-12(8-16)9-17-15(18-14)21-3/h4-7,9H,10H2,1-3H3. The summed E-state index contributed by atoms with van der Waals surface area (Å²) in [7, 11) is 3.56. The summed E-state index contributed by atoms with van der Waals surface area (Å²) in [5.74, 6) is 1.47. The van der Waals surface area contributed by atoms with Gasteiger partial charge in [-0.05, 0) is 24.0 Å². The van der Waals surface area contributed by atoms with E-state index in [9.17, 15) is 5.26 Å². The Morgan fingerprint density at radius 2 is 2.05 bits per heavy atom. The highest BCUT2D eigenvalue weighted by molar-refractivity contribution is 7.98. The molecule has 21 heavy (non-hydrogen) atoms. The van der Waals surface area contributed by atoms with Gasteiger partial charge in [0.15, 0.2) is 11.0 Å². The first-order valence-corrected chi connectivity index (χ1v) is 7.55. The lowest BCUT2D eigenvalue weighted by molar-refractivity contribution is 0.414. The second kappa shape index (κ2) is 6.95. The van der Waals surface area contributed by atoms with Crippen molar-refractivity contribution >= 4 is 17.6 Å². The van der Waals surface area contributed by atoms with E-state index in [4.69, 9.17) is 4.74 Å². The molecule has 0 unspecified atom stereocenters. The average molecular weight is 300 g/mol. The van der Waals surface area contributed by atoms with Gasteiger partial charge >= 0.3 is 0 Å². The fourth-order valence-electron chi connectivity index (χ4n) is 1.91. The monoisotopic (exact) mass is 300 g/mol. The van der Waals surface area contributed by atoms with E-state index >= 15 is 0 Å². The molecule has 0 aliphatic heterocycles. The van der Waals surface area contributed by atoms with Crippen molar-refractivity contribution in [3.05, 3.63) is 41.6 Å². The van der Waals surface area contributed by atoms with Gasteiger partial charge in [-0.3, -0.25) is 0 Å². The number of ether oxygens (including phenoxy) is 1. The van der Waals surface area contributed by atoms with Crippen LogP contribution in [0.1, 0.15) is 11.1 Å². The Hall–Kier alpha value is -2.26. The molecule has 0 amide bonds. The molecule has 2 rings (SSSR count). The van der Waals surface area contributed by atoms with E-state index in [-0.39, 0.29) is 0 Å². The average Bonchev–Trinajstić information content (AvgIpc) is 2.54. The van der Waals surface area contributed by atoms with Crippen LogP contribution in [0.2, 0.25) is 0 Å². The molecule has 1 aromatic carbocycles. The van der Waals surface area contributed by atoms with Crippen LogP contribution in [0.3, 0.4) is 0 Å². The molecule has 0 aliphatic carbocycles. The third kappa shape index (κ3) is 3.64. The van der Waals surface area contributed by atoms with Gasteiger partial charge in [-0.15, -0.1) is 0 Å². The molecule has 108 valence electrons. The lowest BCUT2D eigenvalue weighted by atomic mass is 10.2. The van der Waals surface area contributed by atoms with Crippen molar-refractivity contribution in [3.8, 4) is 11.8 Å². The second-order valence-corrected chi connectivity index (χ2v) is 5.18. The molecule has 0 radical (unpaired) electrons. The molecule has 0 spiro atoms. The number of hydrogen-bond acceptors (Lipinski definition) is 6. The van der Waals surface area contributed by atoms with Crippen LogP contribution in [0.4, 0.5) is 5.82 Å². The van der Waals surface area contributed by atoms with E-state index in [0.717, 1.165) is 11.3 Å². The maximum Gasteiger partial charge on any atom is 0.189 e. The van der Waals surface area contributed by atoms with Crippen molar-refractivity contribution < 1.29 is 4.74 Å². The van der Waals surface area contributed by atoms with Crippen molar-refractivity contribution in [1.29, 1.82) is 5.26 Å². The molecule has 1 heterocycles. The third-order valence-corrected chi connectivity index (χ3v) is 3.55. The van der Waals surface area contributed by atoms with Crippen LogP contribution in [0.25, 0.3) is 0 Å². The fraction of sp³-hybridized carbons (Fsp3) is 0.267. The Balaban J connectivity index is 2.22. The van der Waals surface area contributed by atoms with Crippen LogP contribution in [0.5, 0.6) is 5.75 Å². The van der Waals surface area contributed by atoms with Gasteiger partial charge in [0.2, 0.25) is 0 Å². The zero-order valence-electron chi connectivity index (χ0n) is 12.2. The van der Waals surface area contributed by atoms with Gasteiger partial charge in [-0.1, -0.05) is 23.9 Å². The number of thioether (sulfide) groups is 1. The molecule has 0 N–H and O–H groups in total. The SMILES string of the molecule is COc1ccc(CN(C)c2nc(SC)ncc2C#N)cc1. The summed E-state index contributed by atoms with van der Waals surface area (Å²) in [4.78, 5) is 10.5. The van der Waals surface area contributed by atoms with Crippen LogP contribution in [-0.4, -0.2) is 30.4 Å². The zero-order valence-corrected chi connectivity index (χ0v) is 13.0. The highest BCUT2D eigenvalue weighted by atomic mass is 32.2. The van der Waals surface area contributed by atoms with Gasteiger partial charge in [0, 0.05) is 13.6 Å². The number of anilines is 1. The maximum absolute atomic E-state index is 9.19. The smallest absolute Gasteiger partial charge is 0.189 e. The van der Waals surface area contributed by atoms with Crippen LogP contribution in [0.15, 0.2) is 35.6 Å². The molecular weight excluding hydrogens is 284 g/mol. The number of aromatic nitrogens is 2. The molecule has 0 fully saturated rings. The Labute approximate surface area is 128 Å². The summed E-state index contributed by atoms with van der Waals surface area (Å²) >= 11 is 1.46. The van der Waals surface area contributed by atoms with E-state index in [1.807, 2.05) is 42.5 Å². The molecule has 0 atom stereocenters. The zero-order chi connectivity index (χ0) is 15.2. The van der Waals surface area contributed by atoms with Crippen LogP contribution in [-0.2, 0) is 6.54 Å². The first kappa shape index (κ1) is 15.1. The Morgan fingerprint density at radius 3 is 2.62 bits per heavy atom. The lowest BCUT2D eigenvalue weighted by Gasteiger charge is -2.19. The van der Waals surface area contributed by atoms with E-state index in [1.165, 1.54) is 11.8 Å². The van der Waals surface area contributed by atoms with E-state index in [1.54, 1.807) is 13.3 Å². The minimum Gasteiger partial charge on any atom is -0.497 e. The summed E-state index contributed by atoms with van der Waals surface area (Å²) < 4.78 is 5.15. The minimum absolute atomic E-state index is 0.476. The highest BCUT2D eigenvalue weighted by Crippen LogP contribution is 2.21. The topological polar surface area (TPSA) is 62.0 Å². The van der Waals surface area contributed by atoms with Crippen molar-refractivity contribution in [3.63, 3.8) is 0 Å². The molecule has 0 bridgehead atoms. The third-order valence-electron chi connectivity index (χ3n) is 2.99. The summed E-state index contributed by atoms with van der Waals surface area (Å²) in [5.41, 5.74) is 1.59. The van der Waals surface area contributed by atoms with Crippen LogP contribution >= 0.6 is 11.8 Å². The largest absolute Gasteiger partial charge is 0.497 e. The number of benzene rings is 1. The Bertz CT molecular complexity index is 652. The Morgan fingerprint density at radius 1 is 1.33 bits per heavy atom. The number of nitriles is 1. The van der Waals surface area contributed by atoms with Gasteiger partial charge in [-0.2, -0.15) is 5.26 Å². The van der Waals surface area contributed by atoms with Gasteiger partial charge in [0.1, 0.15) is 17.4 Å². The predicted molar refractivity (Wildman–Crippen MR) is 83.6 cm³/mol. The molecule has 6 heteroatoms. The highest BCUT2D eigenvalue weighted by Gasteiger charge is 2.12. The van der Waals surface area contributed by atoms with Crippen molar-refractivity contribution in [2.75, 3.05) is 25.3 Å². The van der Waals surface area contributed by atoms with E-state index < -0.39 is 0 Å². The summed E-state index contributed by atoms with van der Waals surface area (Å²) in [6, 6.07) is 9.97. The number of rotatable bonds is 5. The lowest BCUT2D eigenvalue weighted by Crippen LogP contribution is -2.19. The molecular formula is C15H16N4OS. The van der Waals surface area contributed by atoms with Crippen LogP contribution < -0.4 is 9.64 Å². The molecule has 1 aromatic heterocycles. The van der Waals surface area contributed by atoms with Crippen LogP contribution in [0, 0.1) is 11.3 Å². The first-order valence-electron chi connectivity index (χ1n) is 6.33.